The lowest BCUT2D eigenvalue weighted by Crippen LogP contribution is -2.23. The molecule has 0 aliphatic carbocycles. The van der Waals surface area contributed by atoms with Crippen molar-refractivity contribution in [3.8, 4) is 11.5 Å². The number of amides is 1. The quantitative estimate of drug-likeness (QED) is 0.477. The number of aromatic nitrogens is 1. The molecule has 4 rings (SSSR count). The van der Waals surface area contributed by atoms with E-state index >= 15 is 0 Å². The van der Waals surface area contributed by atoms with Crippen molar-refractivity contribution in [3.05, 3.63) is 64.2 Å². The Balaban J connectivity index is 1.35. The average molecular weight is 453 g/mol. The van der Waals surface area contributed by atoms with Crippen molar-refractivity contribution in [2.75, 3.05) is 11.7 Å². The molecule has 0 atom stereocenters. The van der Waals surface area contributed by atoms with E-state index in [1.54, 1.807) is 4.90 Å². The number of hydrogen-bond donors (Lipinski definition) is 0. The number of rotatable bonds is 7. The number of anilines is 2. The summed E-state index contributed by atoms with van der Waals surface area (Å²) in [6, 6.07) is 11.5. The average Bonchev–Trinajstić information content (AvgIpc) is 3.43. The minimum absolute atomic E-state index is 0.0645. The van der Waals surface area contributed by atoms with E-state index in [2.05, 4.69) is 4.98 Å². The van der Waals surface area contributed by atoms with Crippen LogP contribution in [0.25, 0.3) is 0 Å². The molecule has 1 amide bonds. The summed E-state index contributed by atoms with van der Waals surface area (Å²) in [7, 11) is 0. The Morgan fingerprint density at radius 2 is 1.97 bits per heavy atom. The lowest BCUT2D eigenvalue weighted by molar-refractivity contribution is -0.145. The van der Waals surface area contributed by atoms with Crippen molar-refractivity contribution in [1.29, 1.82) is 0 Å². The molecule has 3 aromatic rings. The fourth-order valence-corrected chi connectivity index (χ4v) is 4.28. The minimum atomic E-state index is -0.310. The highest BCUT2D eigenvalue weighted by Gasteiger charge is 2.20. The summed E-state index contributed by atoms with van der Waals surface area (Å²) >= 11 is 1.35. The van der Waals surface area contributed by atoms with Crippen LogP contribution in [0, 0.1) is 13.8 Å². The van der Waals surface area contributed by atoms with E-state index in [1.807, 2.05) is 55.6 Å². The van der Waals surface area contributed by atoms with Gasteiger partial charge in [-0.05, 0) is 55.2 Å². The zero-order valence-corrected chi connectivity index (χ0v) is 19.0. The maximum atomic E-state index is 12.4. The number of esters is 1. The fraction of sp³-hybridized carbons (Fsp3) is 0.292. The Morgan fingerprint density at radius 3 is 2.78 bits per heavy atom. The van der Waals surface area contributed by atoms with Gasteiger partial charge in [-0.3, -0.25) is 14.5 Å². The smallest absolute Gasteiger partial charge is 0.306 e. The molecule has 0 spiro atoms. The largest absolute Gasteiger partial charge is 0.459 e. The van der Waals surface area contributed by atoms with Crippen molar-refractivity contribution in [2.45, 2.75) is 40.2 Å². The highest BCUT2D eigenvalue weighted by molar-refractivity contribution is 7.14. The zero-order chi connectivity index (χ0) is 22.7. The summed E-state index contributed by atoms with van der Waals surface area (Å²) in [6.45, 7) is 5.79. The van der Waals surface area contributed by atoms with Crippen molar-refractivity contribution in [2.24, 2.45) is 0 Å². The highest BCUT2D eigenvalue weighted by atomic mass is 32.1. The summed E-state index contributed by atoms with van der Waals surface area (Å²) in [5, 5.41) is 2.36. The second-order valence-electron chi connectivity index (χ2n) is 7.54. The summed E-state index contributed by atoms with van der Waals surface area (Å²) in [5.41, 5.74) is 4.51. The predicted octanol–water partition coefficient (Wildman–Crippen LogP) is 4.85. The maximum Gasteiger partial charge on any atom is 0.306 e. The molecular weight excluding hydrogens is 428 g/mol. The van der Waals surface area contributed by atoms with E-state index < -0.39 is 0 Å². The van der Waals surface area contributed by atoms with Crippen molar-refractivity contribution >= 4 is 34.0 Å². The number of hydrogen-bond acceptors (Lipinski definition) is 7. The number of carbonyl (C=O) groups excluding carboxylic acids is 2. The third-order valence-corrected chi connectivity index (χ3v) is 6.17. The van der Waals surface area contributed by atoms with Crippen molar-refractivity contribution < 1.29 is 23.8 Å². The molecule has 7 nitrogen and oxygen atoms in total. The first-order valence-electron chi connectivity index (χ1n) is 10.3. The van der Waals surface area contributed by atoms with Gasteiger partial charge >= 0.3 is 5.97 Å². The normalized spacial score (nSPS) is 12.0. The Bertz CT molecular complexity index is 1160. The summed E-state index contributed by atoms with van der Waals surface area (Å²) in [5.74, 6) is 0.983. The number of aryl methyl sites for hydroxylation is 2. The van der Waals surface area contributed by atoms with Crippen LogP contribution in [0.3, 0.4) is 0 Å². The summed E-state index contributed by atoms with van der Waals surface area (Å²) in [6.07, 6.45) is 0.793. The molecule has 0 bridgehead atoms. The van der Waals surface area contributed by atoms with Crippen LogP contribution in [0.4, 0.5) is 10.8 Å². The lowest BCUT2D eigenvalue weighted by Gasteiger charge is -2.21. The molecule has 0 radical (unpaired) electrons. The number of carbonyl (C=O) groups is 2. The lowest BCUT2D eigenvalue weighted by atomic mass is 10.1. The van der Waals surface area contributed by atoms with Crippen LogP contribution in [0.2, 0.25) is 0 Å². The number of ether oxygens (including phenoxy) is 3. The van der Waals surface area contributed by atoms with Crippen molar-refractivity contribution in [3.63, 3.8) is 0 Å². The number of nitrogens with zero attached hydrogens (tertiary/aromatic N) is 2. The van der Waals surface area contributed by atoms with Crippen LogP contribution in [0.1, 0.15) is 35.7 Å². The van der Waals surface area contributed by atoms with Gasteiger partial charge in [-0.2, -0.15) is 0 Å². The molecule has 2 heterocycles. The first kappa shape index (κ1) is 21.8. The van der Waals surface area contributed by atoms with E-state index in [9.17, 15) is 9.59 Å². The van der Waals surface area contributed by atoms with Gasteiger partial charge in [0.1, 0.15) is 6.61 Å². The van der Waals surface area contributed by atoms with E-state index in [1.165, 1.54) is 18.3 Å². The second kappa shape index (κ2) is 9.40. The molecule has 1 aliphatic rings. The third-order valence-electron chi connectivity index (χ3n) is 5.30. The monoisotopic (exact) mass is 452 g/mol. The zero-order valence-electron chi connectivity index (χ0n) is 18.2. The van der Waals surface area contributed by atoms with Crippen LogP contribution in [-0.4, -0.2) is 23.7 Å². The summed E-state index contributed by atoms with van der Waals surface area (Å²) < 4.78 is 16.0. The molecule has 0 saturated carbocycles. The number of thiazole rings is 1. The predicted molar refractivity (Wildman–Crippen MR) is 122 cm³/mol. The van der Waals surface area contributed by atoms with Crippen LogP contribution < -0.4 is 14.4 Å². The van der Waals surface area contributed by atoms with Crippen LogP contribution >= 0.6 is 11.3 Å². The van der Waals surface area contributed by atoms with Gasteiger partial charge in [-0.25, -0.2) is 4.98 Å². The van der Waals surface area contributed by atoms with E-state index in [-0.39, 0.29) is 31.7 Å². The molecule has 0 N–H and O–H groups in total. The fourth-order valence-electron chi connectivity index (χ4n) is 3.42. The topological polar surface area (TPSA) is 78.0 Å². The number of benzene rings is 2. The molecular formula is C24H24N2O5S. The Hall–Kier alpha value is -3.39. The first-order valence-corrected chi connectivity index (χ1v) is 11.2. The highest BCUT2D eigenvalue weighted by Crippen LogP contribution is 2.33. The van der Waals surface area contributed by atoms with Gasteiger partial charge in [-0.15, -0.1) is 11.3 Å². The van der Waals surface area contributed by atoms with Gasteiger partial charge < -0.3 is 14.2 Å². The Morgan fingerprint density at radius 1 is 1.16 bits per heavy atom. The molecule has 32 heavy (non-hydrogen) atoms. The van der Waals surface area contributed by atoms with Gasteiger partial charge in [0.15, 0.2) is 16.6 Å². The van der Waals surface area contributed by atoms with Crippen molar-refractivity contribution in [1.82, 2.24) is 4.98 Å². The summed E-state index contributed by atoms with van der Waals surface area (Å²) in [4.78, 5) is 30.7. The third kappa shape index (κ3) is 4.75. The minimum Gasteiger partial charge on any atom is -0.459 e. The molecule has 0 saturated heterocycles. The molecule has 1 aliphatic heterocycles. The first-order chi connectivity index (χ1) is 15.4. The molecule has 2 aromatic carbocycles. The second-order valence-corrected chi connectivity index (χ2v) is 8.38. The Kier molecular flexibility index (Phi) is 6.41. The number of fused-ring (bicyclic) bond motifs is 1. The standard InChI is InChI=1S/C24H24N2O5S/c1-15-5-4-6-20(16(15)2)26(17(3)27)24-25-19(13-32-24)12-29-23(28)10-8-18-7-9-21-22(11-18)31-14-30-21/h4-7,9,11,13H,8,10,12,14H2,1-3H3. The molecule has 0 unspecified atom stereocenters. The van der Waals surface area contributed by atoms with Gasteiger partial charge in [0.2, 0.25) is 12.7 Å². The SMILES string of the molecule is CC(=O)N(c1nc(COC(=O)CCc2ccc3c(c2)OCO3)cs1)c1cccc(C)c1C. The van der Waals surface area contributed by atoms with Crippen LogP contribution in [0.15, 0.2) is 41.8 Å². The Labute approximate surface area is 190 Å². The van der Waals surface area contributed by atoms with Gasteiger partial charge in [-0.1, -0.05) is 18.2 Å². The van der Waals surface area contributed by atoms with Gasteiger partial charge in [0.05, 0.1) is 11.4 Å². The van der Waals surface area contributed by atoms with E-state index in [0.717, 1.165) is 28.1 Å². The van der Waals surface area contributed by atoms with Gasteiger partial charge in [0, 0.05) is 18.7 Å². The van der Waals surface area contributed by atoms with E-state index in [4.69, 9.17) is 14.2 Å². The molecule has 1 aromatic heterocycles. The maximum absolute atomic E-state index is 12.4. The molecule has 8 heteroatoms. The van der Waals surface area contributed by atoms with Crippen LogP contribution in [-0.2, 0) is 27.4 Å². The van der Waals surface area contributed by atoms with Gasteiger partial charge in [0.25, 0.3) is 0 Å². The van der Waals surface area contributed by atoms with Crippen LogP contribution in [0.5, 0.6) is 11.5 Å². The molecule has 0 fully saturated rings. The van der Waals surface area contributed by atoms with E-state index in [0.29, 0.717) is 23.0 Å². The molecule has 166 valence electrons.